The number of halogens is 1. The second-order valence-electron chi connectivity index (χ2n) is 7.54. The van der Waals surface area contributed by atoms with Crippen LogP contribution in [-0.4, -0.2) is 4.83 Å². The fraction of sp³-hybridized carbons (Fsp3) is 0.700. The molecule has 0 aromatic heterocycles. The molecule has 0 N–H and O–H groups in total. The topological polar surface area (TPSA) is 0 Å². The van der Waals surface area contributed by atoms with Gasteiger partial charge in [-0.25, -0.2) is 0 Å². The van der Waals surface area contributed by atoms with Crippen LogP contribution in [0.4, 0.5) is 0 Å². The molecule has 0 unspecified atom stereocenters. The lowest BCUT2D eigenvalue weighted by molar-refractivity contribution is 0.189. The van der Waals surface area contributed by atoms with Crippen LogP contribution in [0.25, 0.3) is 0 Å². The van der Waals surface area contributed by atoms with E-state index in [2.05, 4.69) is 48.0 Å². The van der Waals surface area contributed by atoms with Gasteiger partial charge in [0, 0.05) is 4.83 Å². The van der Waals surface area contributed by atoms with E-state index in [1.54, 1.807) is 5.56 Å². The molecule has 2 aliphatic carbocycles. The smallest absolute Gasteiger partial charge is 0.0146 e. The molecule has 3 rings (SSSR count). The van der Waals surface area contributed by atoms with E-state index in [4.69, 9.17) is 0 Å². The highest BCUT2D eigenvalue weighted by Gasteiger charge is 2.30. The largest absolute Gasteiger partial charge is 0.0891 e. The molecule has 1 heteroatoms. The van der Waals surface area contributed by atoms with Crippen LogP contribution < -0.4 is 0 Å². The molecule has 0 radical (unpaired) electrons. The van der Waals surface area contributed by atoms with E-state index in [-0.39, 0.29) is 0 Å². The monoisotopic (exact) mass is 348 g/mol. The minimum Gasteiger partial charge on any atom is -0.0891 e. The van der Waals surface area contributed by atoms with Crippen LogP contribution in [0, 0.1) is 25.7 Å². The normalized spacial score (nSPS) is 33.9. The van der Waals surface area contributed by atoms with Crippen LogP contribution in [0.2, 0.25) is 0 Å². The van der Waals surface area contributed by atoms with E-state index in [1.807, 2.05) is 0 Å². The Morgan fingerprint density at radius 2 is 1.19 bits per heavy atom. The summed E-state index contributed by atoms with van der Waals surface area (Å²) in [6, 6.07) is 7.15. The second kappa shape index (κ2) is 6.86. The van der Waals surface area contributed by atoms with Crippen LogP contribution in [-0.2, 0) is 0 Å². The summed E-state index contributed by atoms with van der Waals surface area (Å²) in [7, 11) is 0. The van der Waals surface area contributed by atoms with E-state index in [0.717, 1.165) is 22.6 Å². The van der Waals surface area contributed by atoms with E-state index in [0.29, 0.717) is 0 Å². The van der Waals surface area contributed by atoms with Crippen molar-refractivity contribution in [2.45, 2.75) is 76.0 Å². The quantitative estimate of drug-likeness (QED) is 0.532. The summed E-state index contributed by atoms with van der Waals surface area (Å²) < 4.78 is 0. The van der Waals surface area contributed by atoms with E-state index in [9.17, 15) is 0 Å². The van der Waals surface area contributed by atoms with E-state index < -0.39 is 0 Å². The number of hydrogen-bond acceptors (Lipinski definition) is 0. The Labute approximate surface area is 138 Å². The van der Waals surface area contributed by atoms with Crippen LogP contribution >= 0.6 is 15.9 Å². The molecule has 0 saturated heterocycles. The van der Waals surface area contributed by atoms with Gasteiger partial charge in [-0.15, -0.1) is 0 Å². The fourth-order valence-corrected chi connectivity index (χ4v) is 5.25. The number of alkyl halides is 1. The van der Waals surface area contributed by atoms with Gasteiger partial charge >= 0.3 is 0 Å². The summed E-state index contributed by atoms with van der Waals surface area (Å²) in [4.78, 5) is 0.806. The molecule has 0 atom stereocenters. The first-order valence-corrected chi connectivity index (χ1v) is 9.75. The van der Waals surface area contributed by atoms with Crippen LogP contribution in [0.1, 0.15) is 74.0 Å². The summed E-state index contributed by atoms with van der Waals surface area (Å²) in [6.07, 6.45) is 11.5. The Bertz CT molecular complexity index is 442. The highest BCUT2D eigenvalue weighted by molar-refractivity contribution is 9.09. The zero-order chi connectivity index (χ0) is 14.8. The van der Waals surface area contributed by atoms with Gasteiger partial charge in [-0.3, -0.25) is 0 Å². The van der Waals surface area contributed by atoms with Crippen LogP contribution in [0.15, 0.2) is 18.2 Å². The summed E-state index contributed by atoms with van der Waals surface area (Å²) in [5.74, 6) is 2.87. The Morgan fingerprint density at radius 3 is 1.71 bits per heavy atom. The van der Waals surface area contributed by atoms with Gasteiger partial charge < -0.3 is 0 Å². The van der Waals surface area contributed by atoms with E-state index in [1.165, 1.54) is 62.5 Å². The van der Waals surface area contributed by atoms with Gasteiger partial charge in [0.05, 0.1) is 0 Å². The molecule has 0 amide bonds. The fourth-order valence-electron chi connectivity index (χ4n) is 4.72. The standard InChI is InChI=1S/C20H29Br/c1-14-11-15(2)13-19(12-14)18-5-3-16(4-6-18)17-7-9-20(21)10-8-17/h11-13,16-18,20H,3-10H2,1-2H3. The number of hydrogen-bond donors (Lipinski definition) is 0. The molecule has 1 aromatic rings. The molecule has 0 spiro atoms. The van der Waals surface area contributed by atoms with Crippen molar-refractivity contribution >= 4 is 15.9 Å². The first-order valence-electron chi connectivity index (χ1n) is 8.84. The molecule has 0 heterocycles. The molecule has 1 aromatic carbocycles. The Balaban J connectivity index is 1.57. The molecular weight excluding hydrogens is 320 g/mol. The predicted octanol–water partition coefficient (Wildman–Crippen LogP) is 6.53. The lowest BCUT2D eigenvalue weighted by atomic mass is 9.70. The number of benzene rings is 1. The molecular formula is C20H29Br. The molecule has 0 nitrogen and oxygen atoms in total. The lowest BCUT2D eigenvalue weighted by Gasteiger charge is -2.37. The van der Waals surface area contributed by atoms with Crippen molar-refractivity contribution in [2.75, 3.05) is 0 Å². The van der Waals surface area contributed by atoms with Crippen molar-refractivity contribution in [1.82, 2.24) is 0 Å². The summed E-state index contributed by atoms with van der Waals surface area (Å²) in [6.45, 7) is 4.47. The van der Waals surface area contributed by atoms with Gasteiger partial charge in [0.15, 0.2) is 0 Å². The molecule has 116 valence electrons. The van der Waals surface area contributed by atoms with E-state index >= 15 is 0 Å². The highest BCUT2D eigenvalue weighted by atomic mass is 79.9. The summed E-state index contributed by atoms with van der Waals surface area (Å²) >= 11 is 3.79. The molecule has 2 aliphatic rings. The van der Waals surface area contributed by atoms with Crippen molar-refractivity contribution in [3.63, 3.8) is 0 Å². The first-order chi connectivity index (χ1) is 10.1. The SMILES string of the molecule is Cc1cc(C)cc(C2CCC(C3CCC(Br)CC3)CC2)c1. The summed E-state index contributed by atoms with van der Waals surface area (Å²) in [5.41, 5.74) is 4.47. The van der Waals surface area contributed by atoms with Gasteiger partial charge in [0.25, 0.3) is 0 Å². The predicted molar refractivity (Wildman–Crippen MR) is 95.3 cm³/mol. The molecule has 2 saturated carbocycles. The van der Waals surface area contributed by atoms with Crippen molar-refractivity contribution in [2.24, 2.45) is 11.8 Å². The minimum absolute atomic E-state index is 0.806. The maximum absolute atomic E-state index is 3.79. The zero-order valence-corrected chi connectivity index (χ0v) is 15.2. The highest BCUT2D eigenvalue weighted by Crippen LogP contribution is 2.43. The summed E-state index contributed by atoms with van der Waals surface area (Å²) in [5, 5.41) is 0. The maximum Gasteiger partial charge on any atom is 0.0146 e. The number of aryl methyl sites for hydroxylation is 2. The zero-order valence-electron chi connectivity index (χ0n) is 13.6. The molecule has 2 fully saturated rings. The average molecular weight is 349 g/mol. The molecule has 0 bridgehead atoms. The Morgan fingerprint density at radius 1 is 0.714 bits per heavy atom. The van der Waals surface area contributed by atoms with Crippen molar-refractivity contribution in [3.8, 4) is 0 Å². The average Bonchev–Trinajstić information content (AvgIpc) is 2.47. The van der Waals surface area contributed by atoms with Crippen molar-refractivity contribution < 1.29 is 0 Å². The van der Waals surface area contributed by atoms with Crippen molar-refractivity contribution in [3.05, 3.63) is 34.9 Å². The van der Waals surface area contributed by atoms with Gasteiger partial charge in [-0.1, -0.05) is 45.3 Å². The molecule has 0 aliphatic heterocycles. The van der Waals surface area contributed by atoms with Gasteiger partial charge in [0.2, 0.25) is 0 Å². The van der Waals surface area contributed by atoms with Crippen molar-refractivity contribution in [1.29, 1.82) is 0 Å². The van der Waals surface area contributed by atoms with Crippen LogP contribution in [0.5, 0.6) is 0 Å². The lowest BCUT2D eigenvalue weighted by Crippen LogP contribution is -2.25. The van der Waals surface area contributed by atoms with Gasteiger partial charge in [-0.2, -0.15) is 0 Å². The Hall–Kier alpha value is -0.300. The second-order valence-corrected chi connectivity index (χ2v) is 8.84. The van der Waals surface area contributed by atoms with Gasteiger partial charge in [0.1, 0.15) is 0 Å². The molecule has 21 heavy (non-hydrogen) atoms. The maximum atomic E-state index is 3.79. The van der Waals surface area contributed by atoms with Gasteiger partial charge in [-0.05, 0) is 88.5 Å². The minimum atomic E-state index is 0.806. The van der Waals surface area contributed by atoms with Crippen LogP contribution in [0.3, 0.4) is 0 Å². The number of rotatable bonds is 2. The third-order valence-electron chi connectivity index (χ3n) is 5.86. The Kier molecular flexibility index (Phi) is 5.09. The third-order valence-corrected chi connectivity index (χ3v) is 6.77. The first kappa shape index (κ1) is 15.6. The third kappa shape index (κ3) is 3.92.